The normalized spacial score (nSPS) is 22.6. The Bertz CT molecular complexity index is 710. The number of nitrogens with zero attached hydrogens (tertiary/aromatic N) is 1. The first-order valence-electron chi connectivity index (χ1n) is 7.04. The number of hydrogen-bond acceptors (Lipinski definition) is 5. The van der Waals surface area contributed by atoms with Gasteiger partial charge in [-0.05, 0) is 25.0 Å². The highest BCUT2D eigenvalue weighted by Crippen LogP contribution is 2.29. The van der Waals surface area contributed by atoms with Crippen LogP contribution < -0.4 is 5.32 Å². The van der Waals surface area contributed by atoms with Crippen LogP contribution in [0, 0.1) is 0 Å². The minimum Gasteiger partial charge on any atom is -0.376 e. The average molecular weight is 324 g/mol. The molecule has 2 amide bonds. The Kier molecular flexibility index (Phi) is 3.88. The first-order valence-corrected chi connectivity index (χ1v) is 8.48. The summed E-state index contributed by atoms with van der Waals surface area (Å²) in [5.74, 6) is -1.18. The van der Waals surface area contributed by atoms with Crippen LogP contribution in [0.5, 0.6) is 0 Å². The van der Waals surface area contributed by atoms with Crippen LogP contribution in [0.1, 0.15) is 23.2 Å². The van der Waals surface area contributed by atoms with Gasteiger partial charge in [-0.1, -0.05) is 12.1 Å². The number of amides is 2. The first kappa shape index (κ1) is 15.0. The molecular formula is C14H16N2O5S. The van der Waals surface area contributed by atoms with E-state index in [4.69, 9.17) is 4.74 Å². The Labute approximate surface area is 128 Å². The topological polar surface area (TPSA) is 92.8 Å². The van der Waals surface area contributed by atoms with E-state index < -0.39 is 28.4 Å². The number of fused-ring (bicyclic) bond motifs is 1. The van der Waals surface area contributed by atoms with Crippen molar-refractivity contribution in [2.24, 2.45) is 0 Å². The van der Waals surface area contributed by atoms with Crippen molar-refractivity contribution in [3.05, 3.63) is 29.8 Å². The summed E-state index contributed by atoms with van der Waals surface area (Å²) in [6, 6.07) is 5.95. The second kappa shape index (κ2) is 5.69. The number of hydrogen-bond donors (Lipinski definition) is 1. The molecule has 118 valence electrons. The van der Waals surface area contributed by atoms with Gasteiger partial charge in [0.15, 0.2) is 0 Å². The van der Waals surface area contributed by atoms with Gasteiger partial charge in [0.05, 0.1) is 11.7 Å². The Morgan fingerprint density at radius 2 is 2.14 bits per heavy atom. The molecule has 1 atom stereocenters. The molecule has 3 rings (SSSR count). The number of nitrogens with one attached hydrogen (secondary N) is 1. The smallest absolute Gasteiger partial charge is 0.269 e. The summed E-state index contributed by atoms with van der Waals surface area (Å²) in [5.41, 5.74) is 0.106. The Morgan fingerprint density at radius 3 is 2.82 bits per heavy atom. The summed E-state index contributed by atoms with van der Waals surface area (Å²) in [4.78, 5) is 24.0. The predicted molar refractivity (Wildman–Crippen MR) is 76.6 cm³/mol. The van der Waals surface area contributed by atoms with Crippen LogP contribution >= 0.6 is 0 Å². The van der Waals surface area contributed by atoms with Crippen molar-refractivity contribution in [2.75, 3.05) is 19.7 Å². The minimum absolute atomic E-state index is 0.0352. The highest BCUT2D eigenvalue weighted by molar-refractivity contribution is 7.90. The zero-order valence-electron chi connectivity index (χ0n) is 11.8. The molecule has 1 N–H and O–H groups in total. The third-order valence-electron chi connectivity index (χ3n) is 3.75. The number of carbonyl (C=O) groups is 2. The molecule has 0 saturated carbocycles. The van der Waals surface area contributed by atoms with E-state index in [1.54, 1.807) is 12.1 Å². The zero-order valence-corrected chi connectivity index (χ0v) is 12.6. The first-order chi connectivity index (χ1) is 10.5. The quantitative estimate of drug-likeness (QED) is 0.849. The molecule has 1 aromatic rings. The average Bonchev–Trinajstić information content (AvgIpc) is 3.08. The molecule has 1 fully saturated rings. The van der Waals surface area contributed by atoms with E-state index in [0.717, 1.165) is 12.8 Å². The minimum atomic E-state index is -3.94. The molecule has 0 bridgehead atoms. The molecule has 0 spiro atoms. The maximum absolute atomic E-state index is 12.3. The van der Waals surface area contributed by atoms with Crippen molar-refractivity contribution in [1.29, 1.82) is 0 Å². The lowest BCUT2D eigenvalue weighted by atomic mass is 10.2. The third-order valence-corrected chi connectivity index (χ3v) is 5.54. The number of benzene rings is 1. The second-order valence-electron chi connectivity index (χ2n) is 5.25. The second-order valence-corrected chi connectivity index (χ2v) is 7.08. The highest BCUT2D eigenvalue weighted by Gasteiger charge is 2.41. The lowest BCUT2D eigenvalue weighted by Gasteiger charge is -2.16. The molecule has 2 heterocycles. The van der Waals surface area contributed by atoms with Crippen LogP contribution in [0.4, 0.5) is 0 Å². The van der Waals surface area contributed by atoms with Crippen molar-refractivity contribution >= 4 is 21.8 Å². The van der Waals surface area contributed by atoms with E-state index in [2.05, 4.69) is 5.32 Å². The number of sulfonamides is 1. The van der Waals surface area contributed by atoms with E-state index in [1.165, 1.54) is 12.1 Å². The van der Waals surface area contributed by atoms with Gasteiger partial charge in [0.25, 0.3) is 15.9 Å². The van der Waals surface area contributed by atoms with E-state index in [0.29, 0.717) is 17.5 Å². The standard InChI is InChI=1S/C14H16N2O5S/c17-13(15-8-10-4-3-7-21-10)9-16-14(18)11-5-1-2-6-12(11)22(16,19)20/h1-2,5-6,10H,3-4,7-9H2,(H,15,17)/t10-/m0/s1. The van der Waals surface area contributed by atoms with Crippen molar-refractivity contribution < 1.29 is 22.7 Å². The molecule has 1 aromatic carbocycles. The number of ether oxygens (including phenoxy) is 1. The van der Waals surface area contributed by atoms with Gasteiger partial charge in [-0.3, -0.25) is 9.59 Å². The number of rotatable bonds is 4. The molecule has 1 saturated heterocycles. The summed E-state index contributed by atoms with van der Waals surface area (Å²) >= 11 is 0. The molecule has 22 heavy (non-hydrogen) atoms. The van der Waals surface area contributed by atoms with Crippen LogP contribution in [0.25, 0.3) is 0 Å². The van der Waals surface area contributed by atoms with Crippen LogP contribution in [-0.4, -0.2) is 50.3 Å². The van der Waals surface area contributed by atoms with Crippen LogP contribution in [0.15, 0.2) is 29.2 Å². The Balaban J connectivity index is 1.68. The zero-order chi connectivity index (χ0) is 15.7. The van der Waals surface area contributed by atoms with Gasteiger partial charge in [-0.2, -0.15) is 0 Å². The van der Waals surface area contributed by atoms with Crippen LogP contribution in [0.3, 0.4) is 0 Å². The largest absolute Gasteiger partial charge is 0.376 e. The van der Waals surface area contributed by atoms with Gasteiger partial charge in [-0.25, -0.2) is 12.7 Å². The van der Waals surface area contributed by atoms with Gasteiger partial charge in [0.2, 0.25) is 5.91 Å². The van der Waals surface area contributed by atoms with Crippen molar-refractivity contribution in [3.63, 3.8) is 0 Å². The maximum atomic E-state index is 12.3. The molecule has 2 aliphatic heterocycles. The summed E-state index contributed by atoms with van der Waals surface area (Å²) in [6.45, 7) is 0.491. The SMILES string of the molecule is O=C(CN1C(=O)c2ccccc2S1(=O)=O)NC[C@@H]1CCCO1. The van der Waals surface area contributed by atoms with Gasteiger partial charge in [0, 0.05) is 13.2 Å². The fourth-order valence-electron chi connectivity index (χ4n) is 2.61. The lowest BCUT2D eigenvalue weighted by molar-refractivity contribution is -0.121. The van der Waals surface area contributed by atoms with Crippen LogP contribution in [-0.2, 0) is 19.6 Å². The third kappa shape index (κ3) is 2.59. The summed E-state index contributed by atoms with van der Waals surface area (Å²) in [5, 5.41) is 2.61. The molecule has 0 unspecified atom stereocenters. The molecule has 0 aromatic heterocycles. The monoisotopic (exact) mass is 324 g/mol. The lowest BCUT2D eigenvalue weighted by Crippen LogP contribution is -2.42. The van der Waals surface area contributed by atoms with E-state index in [-0.39, 0.29) is 16.6 Å². The molecule has 8 heteroatoms. The molecule has 7 nitrogen and oxygen atoms in total. The highest BCUT2D eigenvalue weighted by atomic mass is 32.2. The van der Waals surface area contributed by atoms with Gasteiger partial charge in [0.1, 0.15) is 11.4 Å². The summed E-state index contributed by atoms with van der Waals surface area (Å²) in [6.07, 6.45) is 1.79. The van der Waals surface area contributed by atoms with Crippen molar-refractivity contribution in [1.82, 2.24) is 9.62 Å². The fourth-order valence-corrected chi connectivity index (χ4v) is 4.13. The van der Waals surface area contributed by atoms with Crippen LogP contribution in [0.2, 0.25) is 0 Å². The Morgan fingerprint density at radius 1 is 1.36 bits per heavy atom. The molecular weight excluding hydrogens is 308 g/mol. The van der Waals surface area contributed by atoms with Gasteiger partial charge >= 0.3 is 0 Å². The molecule has 0 aliphatic carbocycles. The van der Waals surface area contributed by atoms with E-state index >= 15 is 0 Å². The molecule has 2 aliphatic rings. The fraction of sp³-hybridized carbons (Fsp3) is 0.429. The van der Waals surface area contributed by atoms with Crippen molar-refractivity contribution in [3.8, 4) is 0 Å². The maximum Gasteiger partial charge on any atom is 0.269 e. The molecule has 0 radical (unpaired) electrons. The summed E-state index contributed by atoms with van der Waals surface area (Å²) < 4.78 is 30.6. The summed E-state index contributed by atoms with van der Waals surface area (Å²) in [7, 11) is -3.94. The number of carbonyl (C=O) groups excluding carboxylic acids is 2. The predicted octanol–water partition coefficient (Wildman–Crippen LogP) is 0.126. The van der Waals surface area contributed by atoms with Crippen molar-refractivity contribution in [2.45, 2.75) is 23.8 Å². The van der Waals surface area contributed by atoms with E-state index in [1.807, 2.05) is 0 Å². The van der Waals surface area contributed by atoms with Gasteiger partial charge in [-0.15, -0.1) is 0 Å². The van der Waals surface area contributed by atoms with Gasteiger partial charge < -0.3 is 10.1 Å². The Hall–Kier alpha value is -1.93. The van der Waals surface area contributed by atoms with E-state index in [9.17, 15) is 18.0 Å².